The highest BCUT2D eigenvalue weighted by molar-refractivity contribution is 5.76. The van der Waals surface area contributed by atoms with E-state index in [1.807, 2.05) is 24.3 Å². The highest BCUT2D eigenvalue weighted by atomic mass is 16.5. The van der Waals surface area contributed by atoms with Gasteiger partial charge in [-0.2, -0.15) is 0 Å². The van der Waals surface area contributed by atoms with Gasteiger partial charge in [0.1, 0.15) is 12.4 Å². The maximum atomic E-state index is 11.1. The first kappa shape index (κ1) is 12.5. The molecule has 0 aromatic heterocycles. The van der Waals surface area contributed by atoms with Crippen molar-refractivity contribution in [3.63, 3.8) is 0 Å². The third-order valence-corrected chi connectivity index (χ3v) is 2.07. The Morgan fingerprint density at radius 3 is 2.75 bits per heavy atom. The molecule has 0 radical (unpaired) electrons. The van der Waals surface area contributed by atoms with E-state index in [0.717, 1.165) is 16.3 Å². The Morgan fingerprint density at radius 1 is 1.44 bits per heavy atom. The summed E-state index contributed by atoms with van der Waals surface area (Å²) >= 11 is 0. The van der Waals surface area contributed by atoms with Crippen LogP contribution in [-0.2, 0) is 16.1 Å². The van der Waals surface area contributed by atoms with Crippen LogP contribution in [0.1, 0.15) is 5.56 Å². The number of ether oxygens (including phenoxy) is 2. The Hall–Kier alpha value is -1.59. The van der Waals surface area contributed by atoms with Crippen LogP contribution in [0.2, 0.25) is 0 Å². The smallest absolute Gasteiger partial charge is 0.262 e. The molecule has 0 heterocycles. The second-order valence-electron chi connectivity index (χ2n) is 3.31. The van der Waals surface area contributed by atoms with Gasteiger partial charge in [-0.25, -0.2) is 5.84 Å². The first-order valence-corrected chi connectivity index (χ1v) is 4.86. The van der Waals surface area contributed by atoms with Gasteiger partial charge in [0.25, 0.3) is 5.91 Å². The molecule has 0 aliphatic carbocycles. The first-order chi connectivity index (χ1) is 7.65. The summed E-state index contributed by atoms with van der Waals surface area (Å²) in [5.41, 5.74) is 0.900. The van der Waals surface area contributed by atoms with E-state index in [9.17, 15) is 4.79 Å². The average molecular weight is 224 g/mol. The number of carbonyl (C=O) groups is 1. The molecule has 16 heavy (non-hydrogen) atoms. The lowest BCUT2D eigenvalue weighted by Crippen LogP contribution is -2.35. The quantitative estimate of drug-likeness (QED) is 0.450. The van der Waals surface area contributed by atoms with Gasteiger partial charge in [0, 0.05) is 12.6 Å². The van der Waals surface area contributed by atoms with E-state index in [1.54, 1.807) is 7.11 Å². The standard InChI is InChI=1S/C11H16N2O3/c1-13(12)11(14)8-16-7-9-5-3-4-6-10(9)15-2/h3-6H,7-8,12H2,1-2H3. The fourth-order valence-corrected chi connectivity index (χ4v) is 1.17. The maximum Gasteiger partial charge on any atom is 0.262 e. The molecule has 0 aliphatic heterocycles. The molecule has 0 bridgehead atoms. The van der Waals surface area contributed by atoms with E-state index in [0.29, 0.717) is 6.61 Å². The summed E-state index contributed by atoms with van der Waals surface area (Å²) in [4.78, 5) is 11.1. The van der Waals surface area contributed by atoms with Crippen molar-refractivity contribution < 1.29 is 14.3 Å². The molecule has 0 unspecified atom stereocenters. The van der Waals surface area contributed by atoms with Crippen molar-refractivity contribution in [3.05, 3.63) is 29.8 Å². The van der Waals surface area contributed by atoms with Crippen LogP contribution in [0.5, 0.6) is 5.75 Å². The monoisotopic (exact) mass is 224 g/mol. The number of hydrazine groups is 1. The molecule has 0 atom stereocenters. The SMILES string of the molecule is COc1ccccc1COCC(=O)N(C)N. The third kappa shape index (κ3) is 3.52. The predicted octanol–water partition coefficient (Wildman–Crippen LogP) is 0.544. The summed E-state index contributed by atoms with van der Waals surface area (Å²) in [6.07, 6.45) is 0. The molecule has 5 nitrogen and oxygen atoms in total. The zero-order valence-corrected chi connectivity index (χ0v) is 9.47. The summed E-state index contributed by atoms with van der Waals surface area (Å²) < 4.78 is 10.4. The predicted molar refractivity (Wildman–Crippen MR) is 59.6 cm³/mol. The Kier molecular flexibility index (Phi) is 4.75. The van der Waals surface area contributed by atoms with Gasteiger partial charge in [0.15, 0.2) is 0 Å². The Bertz CT molecular complexity index is 353. The topological polar surface area (TPSA) is 64.8 Å². The van der Waals surface area contributed by atoms with Gasteiger partial charge in [-0.3, -0.25) is 9.80 Å². The highest BCUT2D eigenvalue weighted by Gasteiger charge is 2.06. The van der Waals surface area contributed by atoms with Gasteiger partial charge in [-0.1, -0.05) is 18.2 Å². The van der Waals surface area contributed by atoms with Crippen molar-refractivity contribution in [1.29, 1.82) is 0 Å². The fourth-order valence-electron chi connectivity index (χ4n) is 1.17. The number of benzene rings is 1. The summed E-state index contributed by atoms with van der Waals surface area (Å²) in [6.45, 7) is 0.286. The number of nitrogens with two attached hydrogens (primary N) is 1. The summed E-state index contributed by atoms with van der Waals surface area (Å²) in [7, 11) is 3.08. The molecule has 1 aromatic carbocycles. The molecule has 0 fully saturated rings. The van der Waals surface area contributed by atoms with E-state index in [-0.39, 0.29) is 12.5 Å². The number of hydrogen-bond donors (Lipinski definition) is 1. The molecule has 0 spiro atoms. The number of para-hydroxylation sites is 1. The molecule has 2 N–H and O–H groups in total. The Labute approximate surface area is 94.7 Å². The summed E-state index contributed by atoms with van der Waals surface area (Å²) in [6, 6.07) is 7.49. The Balaban J connectivity index is 2.45. The summed E-state index contributed by atoms with van der Waals surface area (Å²) in [5, 5.41) is 1.00. The van der Waals surface area contributed by atoms with Crippen LogP contribution in [-0.4, -0.2) is 31.7 Å². The molecule has 0 saturated heterocycles. The zero-order chi connectivity index (χ0) is 12.0. The van der Waals surface area contributed by atoms with E-state index in [4.69, 9.17) is 15.3 Å². The molecule has 5 heteroatoms. The minimum absolute atomic E-state index is 0.0367. The van der Waals surface area contributed by atoms with Crippen LogP contribution < -0.4 is 10.6 Å². The molecular formula is C11H16N2O3. The molecule has 0 saturated carbocycles. The molecule has 0 aliphatic rings. The van der Waals surface area contributed by atoms with Crippen molar-refractivity contribution in [2.24, 2.45) is 5.84 Å². The number of likely N-dealkylation sites (N-methyl/N-ethyl adjacent to an activating group) is 1. The maximum absolute atomic E-state index is 11.1. The lowest BCUT2D eigenvalue weighted by molar-refractivity contribution is -0.135. The lowest BCUT2D eigenvalue weighted by Gasteiger charge is -2.11. The zero-order valence-electron chi connectivity index (χ0n) is 9.47. The van der Waals surface area contributed by atoms with Gasteiger partial charge in [0.05, 0.1) is 13.7 Å². The van der Waals surface area contributed by atoms with E-state index in [1.165, 1.54) is 7.05 Å². The first-order valence-electron chi connectivity index (χ1n) is 4.86. The number of rotatable bonds is 5. The average Bonchev–Trinajstić information content (AvgIpc) is 2.29. The van der Waals surface area contributed by atoms with Crippen LogP contribution in [0, 0.1) is 0 Å². The van der Waals surface area contributed by atoms with Gasteiger partial charge in [-0.05, 0) is 6.07 Å². The van der Waals surface area contributed by atoms with Crippen LogP contribution in [0.25, 0.3) is 0 Å². The van der Waals surface area contributed by atoms with Gasteiger partial charge in [-0.15, -0.1) is 0 Å². The van der Waals surface area contributed by atoms with E-state index in [2.05, 4.69) is 0 Å². The van der Waals surface area contributed by atoms with Crippen LogP contribution in [0.3, 0.4) is 0 Å². The van der Waals surface area contributed by atoms with E-state index < -0.39 is 0 Å². The number of amides is 1. The number of carbonyl (C=O) groups excluding carboxylic acids is 1. The third-order valence-electron chi connectivity index (χ3n) is 2.07. The van der Waals surface area contributed by atoms with Crippen molar-refractivity contribution in [2.75, 3.05) is 20.8 Å². The van der Waals surface area contributed by atoms with Gasteiger partial charge in [0.2, 0.25) is 0 Å². The van der Waals surface area contributed by atoms with Crippen molar-refractivity contribution in [3.8, 4) is 5.75 Å². The Morgan fingerprint density at radius 2 is 2.12 bits per heavy atom. The number of methoxy groups -OCH3 is 1. The number of nitrogens with zero attached hydrogens (tertiary/aromatic N) is 1. The molecule has 88 valence electrons. The fraction of sp³-hybridized carbons (Fsp3) is 0.364. The molecule has 1 aromatic rings. The van der Waals surface area contributed by atoms with Crippen molar-refractivity contribution in [2.45, 2.75) is 6.61 Å². The van der Waals surface area contributed by atoms with E-state index >= 15 is 0 Å². The van der Waals surface area contributed by atoms with Crippen molar-refractivity contribution in [1.82, 2.24) is 5.01 Å². The number of hydrogen-bond acceptors (Lipinski definition) is 4. The molecule has 1 amide bonds. The van der Waals surface area contributed by atoms with Gasteiger partial charge < -0.3 is 9.47 Å². The second kappa shape index (κ2) is 6.09. The van der Waals surface area contributed by atoms with Crippen LogP contribution >= 0.6 is 0 Å². The van der Waals surface area contributed by atoms with Crippen LogP contribution in [0.4, 0.5) is 0 Å². The summed E-state index contributed by atoms with van der Waals surface area (Å²) in [5.74, 6) is 5.73. The minimum atomic E-state index is -0.269. The van der Waals surface area contributed by atoms with Gasteiger partial charge >= 0.3 is 0 Å². The minimum Gasteiger partial charge on any atom is -0.496 e. The lowest BCUT2D eigenvalue weighted by atomic mass is 10.2. The molecule has 1 rings (SSSR count). The highest BCUT2D eigenvalue weighted by Crippen LogP contribution is 2.17. The second-order valence-corrected chi connectivity index (χ2v) is 3.31. The van der Waals surface area contributed by atoms with Crippen LogP contribution in [0.15, 0.2) is 24.3 Å². The van der Waals surface area contributed by atoms with Crippen molar-refractivity contribution >= 4 is 5.91 Å². The molecular weight excluding hydrogens is 208 g/mol. The normalized spacial score (nSPS) is 9.94. The largest absolute Gasteiger partial charge is 0.496 e.